The number of hydrogen-bond acceptors (Lipinski definition) is 6. The Morgan fingerprint density at radius 3 is 2.74 bits per heavy atom. The van der Waals surface area contributed by atoms with Crippen LogP contribution >= 0.6 is 11.6 Å². The Balaban J connectivity index is 1.77. The van der Waals surface area contributed by atoms with Crippen LogP contribution in [0, 0.1) is 13.8 Å². The highest BCUT2D eigenvalue weighted by Gasteiger charge is 2.20. The maximum Gasteiger partial charge on any atom is 0.420 e. The number of rotatable bonds is 4. The predicted octanol–water partition coefficient (Wildman–Crippen LogP) is 5.12. The molecule has 0 aliphatic carbocycles. The van der Waals surface area contributed by atoms with E-state index in [-0.39, 0.29) is 0 Å². The van der Waals surface area contributed by atoms with Crippen molar-refractivity contribution in [2.75, 3.05) is 7.11 Å². The van der Waals surface area contributed by atoms with E-state index in [1.54, 1.807) is 23.9 Å². The molecule has 0 fully saturated rings. The molecule has 3 heterocycles. The van der Waals surface area contributed by atoms with Crippen molar-refractivity contribution in [2.45, 2.75) is 20.4 Å². The van der Waals surface area contributed by atoms with Crippen molar-refractivity contribution in [1.82, 2.24) is 14.7 Å². The van der Waals surface area contributed by atoms with Gasteiger partial charge in [-0.1, -0.05) is 28.9 Å². The van der Waals surface area contributed by atoms with Gasteiger partial charge in [0, 0.05) is 16.0 Å². The van der Waals surface area contributed by atoms with Gasteiger partial charge >= 0.3 is 5.76 Å². The largest absolute Gasteiger partial charge is 0.496 e. The van der Waals surface area contributed by atoms with Crippen LogP contribution in [-0.2, 0) is 6.54 Å². The summed E-state index contributed by atoms with van der Waals surface area (Å²) in [5.74, 6) is 0.856. The van der Waals surface area contributed by atoms with E-state index in [1.807, 2.05) is 44.2 Å². The molecule has 0 bridgehead atoms. The Kier molecular flexibility index (Phi) is 4.55. The zero-order valence-electron chi connectivity index (χ0n) is 17.1. The highest BCUT2D eigenvalue weighted by atomic mass is 35.5. The maximum absolute atomic E-state index is 12.7. The first kappa shape index (κ1) is 19.4. The second-order valence-corrected chi connectivity index (χ2v) is 7.76. The van der Waals surface area contributed by atoms with Crippen molar-refractivity contribution >= 4 is 33.6 Å². The highest BCUT2D eigenvalue weighted by Crippen LogP contribution is 2.38. The maximum atomic E-state index is 12.7. The van der Waals surface area contributed by atoms with Crippen LogP contribution in [0.15, 0.2) is 56.3 Å². The first-order chi connectivity index (χ1) is 15.0. The van der Waals surface area contributed by atoms with Crippen molar-refractivity contribution in [3.05, 3.63) is 75.2 Å². The van der Waals surface area contributed by atoms with E-state index in [0.29, 0.717) is 39.7 Å². The summed E-state index contributed by atoms with van der Waals surface area (Å²) in [6.45, 7) is 4.05. The van der Waals surface area contributed by atoms with Gasteiger partial charge in [0.25, 0.3) is 0 Å². The molecule has 0 aliphatic heterocycles. The van der Waals surface area contributed by atoms with E-state index in [0.717, 1.165) is 27.8 Å². The summed E-state index contributed by atoms with van der Waals surface area (Å²) in [7, 11) is 1.60. The molecule has 0 aliphatic rings. The standard InChI is InChI=1S/C23H18ClN3O4/c1-12-21(13(2)31-26-12)17-8-18-16(9-19(17)29-3)22-20(10-25-18)30-23(28)27(22)11-14-5-4-6-15(24)7-14/h4-10H,11H2,1-3H3. The topological polar surface area (TPSA) is 83.3 Å². The molecule has 5 aromatic rings. The van der Waals surface area contributed by atoms with Crippen LogP contribution in [-0.4, -0.2) is 21.8 Å². The fourth-order valence-corrected chi connectivity index (χ4v) is 4.19. The Labute approximate surface area is 181 Å². The summed E-state index contributed by atoms with van der Waals surface area (Å²) in [5.41, 5.74) is 5.10. The molecule has 0 unspecified atom stereocenters. The van der Waals surface area contributed by atoms with Gasteiger partial charge in [0.15, 0.2) is 5.58 Å². The van der Waals surface area contributed by atoms with Crippen LogP contribution in [0.5, 0.6) is 5.75 Å². The molecular weight excluding hydrogens is 418 g/mol. The second-order valence-electron chi connectivity index (χ2n) is 7.32. The van der Waals surface area contributed by atoms with E-state index in [4.69, 9.17) is 25.3 Å². The van der Waals surface area contributed by atoms with Crippen LogP contribution in [0.25, 0.3) is 33.1 Å². The summed E-state index contributed by atoms with van der Waals surface area (Å²) < 4.78 is 18.1. The SMILES string of the molecule is COc1cc2c(cc1-c1c(C)noc1C)ncc1oc(=O)n(Cc3cccc(Cl)c3)c12. The molecule has 5 rings (SSSR count). The third-order valence-electron chi connectivity index (χ3n) is 5.35. The molecule has 0 amide bonds. The fraction of sp³-hybridized carbons (Fsp3) is 0.174. The van der Waals surface area contributed by atoms with Crippen LogP contribution in [0.2, 0.25) is 5.02 Å². The lowest BCUT2D eigenvalue weighted by Crippen LogP contribution is -2.15. The first-order valence-corrected chi connectivity index (χ1v) is 10.0. The normalized spacial score (nSPS) is 11.5. The number of aryl methyl sites for hydroxylation is 2. The van der Waals surface area contributed by atoms with Gasteiger partial charge in [0.1, 0.15) is 17.0 Å². The number of methoxy groups -OCH3 is 1. The number of halogens is 1. The minimum absolute atomic E-state index is 0.319. The quantitative estimate of drug-likeness (QED) is 0.389. The molecule has 0 saturated heterocycles. The number of ether oxygens (including phenoxy) is 1. The van der Waals surface area contributed by atoms with Gasteiger partial charge in [-0.05, 0) is 43.7 Å². The zero-order chi connectivity index (χ0) is 21.7. The summed E-state index contributed by atoms with van der Waals surface area (Å²) in [6, 6.07) is 11.2. The smallest absolute Gasteiger partial charge is 0.420 e. The van der Waals surface area contributed by atoms with E-state index in [2.05, 4.69) is 10.1 Å². The second kappa shape index (κ2) is 7.28. The molecule has 8 heteroatoms. The average molecular weight is 436 g/mol. The van der Waals surface area contributed by atoms with Crippen molar-refractivity contribution in [1.29, 1.82) is 0 Å². The molecular formula is C23H18ClN3O4. The van der Waals surface area contributed by atoms with Gasteiger partial charge in [0.2, 0.25) is 0 Å². The zero-order valence-corrected chi connectivity index (χ0v) is 17.9. The van der Waals surface area contributed by atoms with Crippen molar-refractivity contribution in [3.8, 4) is 16.9 Å². The molecule has 2 aromatic carbocycles. The van der Waals surface area contributed by atoms with Crippen molar-refractivity contribution < 1.29 is 13.7 Å². The monoisotopic (exact) mass is 435 g/mol. The first-order valence-electron chi connectivity index (χ1n) is 9.64. The van der Waals surface area contributed by atoms with Gasteiger partial charge < -0.3 is 13.7 Å². The van der Waals surface area contributed by atoms with Crippen LogP contribution in [0.4, 0.5) is 0 Å². The number of aromatic nitrogens is 3. The van der Waals surface area contributed by atoms with E-state index < -0.39 is 5.76 Å². The lowest BCUT2D eigenvalue weighted by Gasteiger charge is -2.11. The lowest BCUT2D eigenvalue weighted by atomic mass is 10.0. The summed E-state index contributed by atoms with van der Waals surface area (Å²) in [5, 5.41) is 5.40. The molecule has 7 nitrogen and oxygen atoms in total. The van der Waals surface area contributed by atoms with E-state index >= 15 is 0 Å². The van der Waals surface area contributed by atoms with Crippen LogP contribution in [0.3, 0.4) is 0 Å². The van der Waals surface area contributed by atoms with Crippen molar-refractivity contribution in [2.24, 2.45) is 0 Å². The van der Waals surface area contributed by atoms with Crippen molar-refractivity contribution in [3.63, 3.8) is 0 Å². The summed E-state index contributed by atoms with van der Waals surface area (Å²) in [6.07, 6.45) is 1.57. The van der Waals surface area contributed by atoms with Gasteiger partial charge in [0.05, 0.1) is 36.6 Å². The molecule has 0 spiro atoms. The molecule has 0 N–H and O–H groups in total. The minimum atomic E-state index is -0.460. The molecule has 0 atom stereocenters. The third-order valence-corrected chi connectivity index (χ3v) is 5.58. The van der Waals surface area contributed by atoms with Gasteiger partial charge in [-0.3, -0.25) is 9.55 Å². The number of fused-ring (bicyclic) bond motifs is 3. The number of nitrogens with zero attached hydrogens (tertiary/aromatic N) is 3. The summed E-state index contributed by atoms with van der Waals surface area (Å²) >= 11 is 6.12. The molecule has 156 valence electrons. The highest BCUT2D eigenvalue weighted by molar-refractivity contribution is 6.30. The number of pyridine rings is 1. The Morgan fingerprint density at radius 1 is 1.19 bits per heavy atom. The van der Waals surface area contributed by atoms with Crippen LogP contribution < -0.4 is 10.5 Å². The number of benzene rings is 2. The molecule has 31 heavy (non-hydrogen) atoms. The van der Waals surface area contributed by atoms with Gasteiger partial charge in [-0.15, -0.1) is 0 Å². The van der Waals surface area contributed by atoms with Gasteiger partial charge in [-0.2, -0.15) is 0 Å². The predicted molar refractivity (Wildman–Crippen MR) is 118 cm³/mol. The van der Waals surface area contributed by atoms with Gasteiger partial charge in [-0.25, -0.2) is 4.79 Å². The Hall–Kier alpha value is -3.58. The fourth-order valence-electron chi connectivity index (χ4n) is 3.97. The molecule has 3 aromatic heterocycles. The Bertz CT molecular complexity index is 1490. The lowest BCUT2D eigenvalue weighted by molar-refractivity contribution is 0.393. The van der Waals surface area contributed by atoms with E-state index in [1.165, 1.54) is 0 Å². The minimum Gasteiger partial charge on any atom is -0.496 e. The van der Waals surface area contributed by atoms with E-state index in [9.17, 15) is 4.79 Å². The molecule has 0 saturated carbocycles. The number of hydrogen-bond donors (Lipinski definition) is 0. The Morgan fingerprint density at radius 2 is 2.03 bits per heavy atom. The average Bonchev–Trinajstić information content (AvgIpc) is 3.25. The van der Waals surface area contributed by atoms with Crippen LogP contribution in [0.1, 0.15) is 17.0 Å². The molecule has 0 radical (unpaired) electrons. The number of oxazole rings is 1. The summed E-state index contributed by atoms with van der Waals surface area (Å²) in [4.78, 5) is 17.2. The third kappa shape index (κ3) is 3.18.